The number of rotatable bonds is 9. The summed E-state index contributed by atoms with van der Waals surface area (Å²) >= 11 is 0. The lowest BCUT2D eigenvalue weighted by Crippen LogP contribution is -2.33. The van der Waals surface area contributed by atoms with Gasteiger partial charge in [-0.25, -0.2) is 8.42 Å². The maximum atomic E-state index is 13.0. The van der Waals surface area contributed by atoms with Crippen LogP contribution in [-0.2, 0) is 14.6 Å². The smallest absolute Gasteiger partial charge is 0.293 e. The van der Waals surface area contributed by atoms with Crippen molar-refractivity contribution in [2.45, 2.75) is 10.8 Å². The van der Waals surface area contributed by atoms with E-state index in [-0.39, 0.29) is 35.3 Å². The van der Waals surface area contributed by atoms with Crippen molar-refractivity contribution >= 4 is 27.1 Å². The molecule has 0 spiro atoms. The predicted octanol–water partition coefficient (Wildman–Crippen LogP) is 3.36. The van der Waals surface area contributed by atoms with Crippen molar-refractivity contribution in [2.24, 2.45) is 0 Å². The molecule has 3 rings (SSSR count). The molecular weight excluding hydrogens is 430 g/mol. The first-order valence-corrected chi connectivity index (χ1v) is 11.8. The van der Waals surface area contributed by atoms with Gasteiger partial charge in [-0.2, -0.15) is 0 Å². The molecule has 0 saturated heterocycles. The van der Waals surface area contributed by atoms with Crippen LogP contribution in [0.2, 0.25) is 0 Å². The van der Waals surface area contributed by atoms with Crippen molar-refractivity contribution in [3.8, 4) is 0 Å². The van der Waals surface area contributed by atoms with Gasteiger partial charge < -0.3 is 10.6 Å². The summed E-state index contributed by atoms with van der Waals surface area (Å²) in [6.45, 7) is 0.446. The molecule has 2 N–H and O–H groups in total. The summed E-state index contributed by atoms with van der Waals surface area (Å²) in [5.74, 6) is -0.674. The standard InChI is InChI=1S/C23H23N3O5S/c1-32(30,31)19-12-13-20(21(16-19)26(28)29)24-14-15-25-23(27)22(17-8-4-2-5-9-17)18-10-6-3-7-11-18/h2-13,16,22,24H,14-15H2,1H3,(H,25,27). The summed E-state index contributed by atoms with van der Waals surface area (Å²) in [7, 11) is -3.56. The molecule has 0 aliphatic rings. The molecule has 0 fully saturated rings. The first kappa shape index (κ1) is 23.0. The molecule has 166 valence electrons. The summed E-state index contributed by atoms with van der Waals surface area (Å²) < 4.78 is 23.3. The number of hydrogen-bond acceptors (Lipinski definition) is 6. The Bertz CT molecular complexity index is 1160. The Morgan fingerprint density at radius 3 is 2.00 bits per heavy atom. The number of hydrogen-bond donors (Lipinski definition) is 2. The number of nitrogens with one attached hydrogen (secondary N) is 2. The monoisotopic (exact) mass is 453 g/mol. The fraction of sp³-hybridized carbons (Fsp3) is 0.174. The van der Waals surface area contributed by atoms with Crippen molar-refractivity contribution in [3.63, 3.8) is 0 Å². The molecule has 0 bridgehead atoms. The van der Waals surface area contributed by atoms with E-state index in [4.69, 9.17) is 0 Å². The number of carbonyl (C=O) groups is 1. The lowest BCUT2D eigenvalue weighted by atomic mass is 9.90. The van der Waals surface area contributed by atoms with E-state index in [2.05, 4.69) is 10.6 Å². The molecule has 0 radical (unpaired) electrons. The summed E-state index contributed by atoms with van der Waals surface area (Å²) in [5.41, 5.74) is 1.55. The van der Waals surface area contributed by atoms with Crippen LogP contribution in [-0.4, -0.2) is 38.6 Å². The highest BCUT2D eigenvalue weighted by atomic mass is 32.2. The van der Waals surface area contributed by atoms with Crippen LogP contribution in [0, 0.1) is 10.1 Å². The van der Waals surface area contributed by atoms with E-state index in [1.807, 2.05) is 60.7 Å². The molecule has 0 saturated carbocycles. The molecule has 0 unspecified atom stereocenters. The van der Waals surface area contributed by atoms with Crippen LogP contribution >= 0.6 is 0 Å². The molecular formula is C23H23N3O5S. The zero-order chi connectivity index (χ0) is 23.1. The van der Waals surface area contributed by atoms with Gasteiger partial charge in [0.2, 0.25) is 5.91 Å². The van der Waals surface area contributed by atoms with Crippen molar-refractivity contribution in [1.29, 1.82) is 0 Å². The Morgan fingerprint density at radius 1 is 0.938 bits per heavy atom. The first-order valence-electron chi connectivity index (χ1n) is 9.87. The second kappa shape index (κ2) is 10.1. The number of anilines is 1. The minimum atomic E-state index is -3.56. The van der Waals surface area contributed by atoms with Crippen LogP contribution in [0.15, 0.2) is 83.8 Å². The minimum absolute atomic E-state index is 0.128. The van der Waals surface area contributed by atoms with Crippen LogP contribution in [0.3, 0.4) is 0 Å². The second-order valence-electron chi connectivity index (χ2n) is 7.18. The molecule has 0 aliphatic heterocycles. The lowest BCUT2D eigenvalue weighted by Gasteiger charge is -2.18. The maximum absolute atomic E-state index is 13.0. The SMILES string of the molecule is CS(=O)(=O)c1ccc(NCCNC(=O)C(c2ccccc2)c2ccccc2)c([N+](=O)[O-])c1. The molecule has 9 heteroatoms. The summed E-state index contributed by atoms with van der Waals surface area (Å²) in [4.78, 5) is 23.5. The molecule has 0 aromatic heterocycles. The van der Waals surface area contributed by atoms with Crippen LogP contribution in [0.4, 0.5) is 11.4 Å². The number of benzene rings is 3. The van der Waals surface area contributed by atoms with Gasteiger partial charge in [0.1, 0.15) is 5.69 Å². The van der Waals surface area contributed by atoms with E-state index in [0.717, 1.165) is 23.4 Å². The first-order chi connectivity index (χ1) is 15.3. The number of carbonyl (C=O) groups excluding carboxylic acids is 1. The quantitative estimate of drug-likeness (QED) is 0.291. The highest BCUT2D eigenvalue weighted by molar-refractivity contribution is 7.90. The number of nitro groups is 1. The number of nitro benzene ring substituents is 1. The third-order valence-electron chi connectivity index (χ3n) is 4.86. The fourth-order valence-corrected chi connectivity index (χ4v) is 3.95. The minimum Gasteiger partial charge on any atom is -0.378 e. The van der Waals surface area contributed by atoms with Crippen molar-refractivity contribution in [2.75, 3.05) is 24.7 Å². The van der Waals surface area contributed by atoms with E-state index in [1.54, 1.807) is 0 Å². The van der Waals surface area contributed by atoms with Gasteiger partial charge in [0, 0.05) is 25.4 Å². The Kier molecular flexibility index (Phi) is 7.21. The Morgan fingerprint density at radius 2 is 1.50 bits per heavy atom. The molecule has 3 aromatic carbocycles. The topological polar surface area (TPSA) is 118 Å². The van der Waals surface area contributed by atoms with Gasteiger partial charge in [0.25, 0.3) is 5.69 Å². The maximum Gasteiger partial charge on any atom is 0.293 e. The average Bonchev–Trinajstić information content (AvgIpc) is 2.77. The van der Waals surface area contributed by atoms with Gasteiger partial charge in [0.15, 0.2) is 9.84 Å². The highest BCUT2D eigenvalue weighted by Gasteiger charge is 2.22. The van der Waals surface area contributed by atoms with Crippen molar-refractivity contribution in [3.05, 3.63) is 100 Å². The summed E-state index contributed by atoms with van der Waals surface area (Å²) in [6, 6.07) is 22.5. The van der Waals surface area contributed by atoms with E-state index in [9.17, 15) is 23.3 Å². The molecule has 8 nitrogen and oxygen atoms in total. The van der Waals surface area contributed by atoms with E-state index in [0.29, 0.717) is 0 Å². The average molecular weight is 454 g/mol. The van der Waals surface area contributed by atoms with Gasteiger partial charge in [-0.3, -0.25) is 14.9 Å². The van der Waals surface area contributed by atoms with Crippen molar-refractivity contribution < 1.29 is 18.1 Å². The highest BCUT2D eigenvalue weighted by Crippen LogP contribution is 2.27. The zero-order valence-corrected chi connectivity index (χ0v) is 18.2. The van der Waals surface area contributed by atoms with Gasteiger partial charge in [-0.1, -0.05) is 60.7 Å². The summed E-state index contributed by atoms with van der Waals surface area (Å²) in [6.07, 6.45) is 0.991. The molecule has 0 aliphatic carbocycles. The fourth-order valence-electron chi connectivity index (χ4n) is 3.31. The predicted molar refractivity (Wildman–Crippen MR) is 122 cm³/mol. The zero-order valence-electron chi connectivity index (χ0n) is 17.4. The van der Waals surface area contributed by atoms with Crippen LogP contribution in [0.1, 0.15) is 17.0 Å². The van der Waals surface area contributed by atoms with Gasteiger partial charge in [-0.15, -0.1) is 0 Å². The number of sulfone groups is 1. The van der Waals surface area contributed by atoms with Crippen LogP contribution in [0.5, 0.6) is 0 Å². The third-order valence-corrected chi connectivity index (χ3v) is 5.97. The van der Waals surface area contributed by atoms with E-state index < -0.39 is 20.7 Å². The van der Waals surface area contributed by atoms with Gasteiger partial charge in [-0.05, 0) is 23.3 Å². The normalized spacial score (nSPS) is 11.2. The van der Waals surface area contributed by atoms with E-state index >= 15 is 0 Å². The van der Waals surface area contributed by atoms with Gasteiger partial charge >= 0.3 is 0 Å². The molecule has 0 atom stereocenters. The summed E-state index contributed by atoms with van der Waals surface area (Å²) in [5, 5.41) is 17.1. The molecule has 0 heterocycles. The molecule has 3 aromatic rings. The van der Waals surface area contributed by atoms with Crippen molar-refractivity contribution in [1.82, 2.24) is 5.32 Å². The molecule has 1 amide bonds. The third kappa shape index (κ3) is 5.70. The second-order valence-corrected chi connectivity index (χ2v) is 9.20. The Balaban J connectivity index is 1.68. The number of nitrogens with zero attached hydrogens (tertiary/aromatic N) is 1. The van der Waals surface area contributed by atoms with Crippen LogP contribution in [0.25, 0.3) is 0 Å². The van der Waals surface area contributed by atoms with Crippen LogP contribution < -0.4 is 10.6 Å². The Labute approximate surface area is 186 Å². The Hall–Kier alpha value is -3.72. The largest absolute Gasteiger partial charge is 0.378 e. The van der Waals surface area contributed by atoms with E-state index in [1.165, 1.54) is 12.1 Å². The molecule has 32 heavy (non-hydrogen) atoms. The van der Waals surface area contributed by atoms with Gasteiger partial charge in [0.05, 0.1) is 15.7 Å². The lowest BCUT2D eigenvalue weighted by molar-refractivity contribution is -0.384. The number of amides is 1.